The molecule has 0 saturated heterocycles. The molecule has 2 nitrogen and oxygen atoms in total. The monoisotopic (exact) mass is 210 g/mol. The Bertz CT molecular complexity index is 246. The van der Waals surface area contributed by atoms with Gasteiger partial charge in [0.1, 0.15) is 11.4 Å². The Hall–Kier alpha value is -0.760. The highest BCUT2D eigenvalue weighted by Crippen LogP contribution is 2.24. The highest BCUT2D eigenvalue weighted by molar-refractivity contribution is 5.18. The van der Waals surface area contributed by atoms with E-state index in [9.17, 15) is 0 Å². The largest absolute Gasteiger partial charge is 0.489 e. The van der Waals surface area contributed by atoms with E-state index in [1.807, 2.05) is 0 Å². The van der Waals surface area contributed by atoms with Crippen LogP contribution in [0.5, 0.6) is 0 Å². The predicted molar refractivity (Wildman–Crippen MR) is 62.5 cm³/mol. The van der Waals surface area contributed by atoms with Crippen molar-refractivity contribution in [1.82, 2.24) is 0 Å². The summed E-state index contributed by atoms with van der Waals surface area (Å²) in [6.07, 6.45) is 9.37. The second kappa shape index (κ2) is 5.36. The smallest absolute Gasteiger partial charge is 0.115 e. The molecule has 0 aromatic carbocycles. The van der Waals surface area contributed by atoms with Crippen LogP contribution in [0.4, 0.5) is 0 Å². The summed E-state index contributed by atoms with van der Waals surface area (Å²) in [4.78, 5) is 0. The molecule has 1 atom stereocenters. The summed E-state index contributed by atoms with van der Waals surface area (Å²) in [5, 5.41) is 8.74. The number of aliphatic hydroxyl groups excluding tert-OH is 1. The molecular formula is C13H22O2. The zero-order valence-electron chi connectivity index (χ0n) is 9.99. The highest BCUT2D eigenvalue weighted by Gasteiger charge is 2.15. The molecule has 1 aliphatic carbocycles. The zero-order valence-corrected chi connectivity index (χ0v) is 9.99. The first kappa shape index (κ1) is 12.3. The Kier molecular flexibility index (Phi) is 4.40. The van der Waals surface area contributed by atoms with Crippen molar-refractivity contribution in [3.8, 4) is 0 Å². The minimum atomic E-state index is -0.117. The van der Waals surface area contributed by atoms with Crippen molar-refractivity contribution in [2.45, 2.75) is 45.6 Å². The first-order chi connectivity index (χ1) is 7.01. The first-order valence-corrected chi connectivity index (χ1v) is 5.69. The average molecular weight is 210 g/mol. The topological polar surface area (TPSA) is 29.5 Å². The molecule has 0 spiro atoms. The molecule has 2 heteroatoms. The van der Waals surface area contributed by atoms with E-state index < -0.39 is 0 Å². The normalized spacial score (nSPS) is 21.3. The SMILES string of the molecule is CC(C)(C)OC1=CCC(CCCO)C=C1. The average Bonchev–Trinajstić information content (AvgIpc) is 2.14. The van der Waals surface area contributed by atoms with Gasteiger partial charge in [0.15, 0.2) is 0 Å². The van der Waals surface area contributed by atoms with Gasteiger partial charge >= 0.3 is 0 Å². The summed E-state index contributed by atoms with van der Waals surface area (Å²) in [5.74, 6) is 1.55. The van der Waals surface area contributed by atoms with Gasteiger partial charge in [0.25, 0.3) is 0 Å². The fourth-order valence-electron chi connectivity index (χ4n) is 1.64. The van der Waals surface area contributed by atoms with Crippen molar-refractivity contribution in [3.05, 3.63) is 24.0 Å². The summed E-state index contributed by atoms with van der Waals surface area (Å²) >= 11 is 0. The minimum Gasteiger partial charge on any atom is -0.489 e. The van der Waals surface area contributed by atoms with Crippen molar-refractivity contribution >= 4 is 0 Å². The van der Waals surface area contributed by atoms with E-state index in [-0.39, 0.29) is 5.60 Å². The number of ether oxygens (including phenoxy) is 1. The molecule has 15 heavy (non-hydrogen) atoms. The van der Waals surface area contributed by atoms with Gasteiger partial charge in [-0.05, 0) is 58.1 Å². The van der Waals surface area contributed by atoms with Crippen LogP contribution in [0.3, 0.4) is 0 Å². The predicted octanol–water partition coefficient (Wildman–Crippen LogP) is 3.03. The van der Waals surface area contributed by atoms with Crippen LogP contribution in [-0.4, -0.2) is 17.3 Å². The molecular weight excluding hydrogens is 188 g/mol. The summed E-state index contributed by atoms with van der Waals surface area (Å²) in [6, 6.07) is 0. The Morgan fingerprint density at radius 3 is 2.67 bits per heavy atom. The van der Waals surface area contributed by atoms with E-state index in [1.54, 1.807) is 0 Å². The van der Waals surface area contributed by atoms with Crippen LogP contribution in [0.25, 0.3) is 0 Å². The van der Waals surface area contributed by atoms with Gasteiger partial charge in [0, 0.05) is 6.61 Å². The lowest BCUT2D eigenvalue weighted by atomic mass is 9.95. The number of hydrogen-bond acceptors (Lipinski definition) is 2. The third kappa shape index (κ3) is 5.03. The Morgan fingerprint density at radius 2 is 2.20 bits per heavy atom. The molecule has 1 rings (SSSR count). The Labute approximate surface area is 92.6 Å². The molecule has 86 valence electrons. The maximum Gasteiger partial charge on any atom is 0.115 e. The summed E-state index contributed by atoms with van der Waals surface area (Å²) in [5.41, 5.74) is -0.117. The van der Waals surface area contributed by atoms with Gasteiger partial charge in [0.05, 0.1) is 0 Å². The van der Waals surface area contributed by atoms with E-state index in [0.29, 0.717) is 12.5 Å². The van der Waals surface area contributed by atoms with E-state index in [4.69, 9.17) is 9.84 Å². The molecule has 1 N–H and O–H groups in total. The number of aliphatic hydroxyl groups is 1. The van der Waals surface area contributed by atoms with Gasteiger partial charge in [-0.2, -0.15) is 0 Å². The van der Waals surface area contributed by atoms with Gasteiger partial charge < -0.3 is 9.84 Å². The highest BCUT2D eigenvalue weighted by atomic mass is 16.5. The molecule has 0 aliphatic heterocycles. The molecule has 0 saturated carbocycles. The summed E-state index contributed by atoms with van der Waals surface area (Å²) in [6.45, 7) is 6.46. The quantitative estimate of drug-likeness (QED) is 0.773. The van der Waals surface area contributed by atoms with Crippen molar-refractivity contribution in [2.24, 2.45) is 5.92 Å². The molecule has 1 aliphatic rings. The summed E-state index contributed by atoms with van der Waals surface area (Å²) in [7, 11) is 0. The van der Waals surface area contributed by atoms with Crippen molar-refractivity contribution in [3.63, 3.8) is 0 Å². The molecule has 0 bridgehead atoms. The lowest BCUT2D eigenvalue weighted by molar-refractivity contribution is 0.0584. The standard InChI is InChI=1S/C13H22O2/c1-13(2,3)15-12-8-6-11(7-9-12)5-4-10-14/h6,8-9,11,14H,4-5,7,10H2,1-3H3. The lowest BCUT2D eigenvalue weighted by Gasteiger charge is -2.24. The molecule has 0 amide bonds. The van der Waals surface area contributed by atoms with Gasteiger partial charge in [-0.15, -0.1) is 0 Å². The number of hydrogen-bond donors (Lipinski definition) is 1. The molecule has 1 unspecified atom stereocenters. The Morgan fingerprint density at radius 1 is 1.47 bits per heavy atom. The van der Waals surface area contributed by atoms with Crippen LogP contribution < -0.4 is 0 Å². The van der Waals surface area contributed by atoms with Crippen LogP contribution in [0.15, 0.2) is 24.0 Å². The van der Waals surface area contributed by atoms with E-state index in [1.165, 1.54) is 0 Å². The van der Waals surface area contributed by atoms with Crippen molar-refractivity contribution in [2.75, 3.05) is 6.61 Å². The van der Waals surface area contributed by atoms with E-state index in [0.717, 1.165) is 25.0 Å². The maximum absolute atomic E-state index is 8.74. The number of allylic oxidation sites excluding steroid dienone is 3. The van der Waals surface area contributed by atoms with Crippen LogP contribution in [0, 0.1) is 5.92 Å². The van der Waals surface area contributed by atoms with Gasteiger partial charge in [-0.3, -0.25) is 0 Å². The fourth-order valence-corrected chi connectivity index (χ4v) is 1.64. The number of rotatable bonds is 4. The maximum atomic E-state index is 8.74. The third-order valence-electron chi connectivity index (χ3n) is 2.31. The van der Waals surface area contributed by atoms with E-state index in [2.05, 4.69) is 39.0 Å². The molecule has 0 heterocycles. The van der Waals surface area contributed by atoms with E-state index >= 15 is 0 Å². The lowest BCUT2D eigenvalue weighted by Crippen LogP contribution is -2.19. The molecule has 0 aromatic heterocycles. The van der Waals surface area contributed by atoms with Crippen LogP contribution in [0.2, 0.25) is 0 Å². The molecule has 0 aromatic rings. The summed E-state index contributed by atoms with van der Waals surface area (Å²) < 4.78 is 5.76. The van der Waals surface area contributed by atoms with Crippen LogP contribution in [0.1, 0.15) is 40.0 Å². The second-order valence-corrected chi connectivity index (χ2v) is 5.04. The zero-order chi connectivity index (χ0) is 11.3. The van der Waals surface area contributed by atoms with Crippen molar-refractivity contribution in [1.29, 1.82) is 0 Å². The van der Waals surface area contributed by atoms with Crippen LogP contribution >= 0.6 is 0 Å². The molecule has 0 radical (unpaired) electrons. The van der Waals surface area contributed by atoms with Gasteiger partial charge in [-0.25, -0.2) is 0 Å². The minimum absolute atomic E-state index is 0.117. The van der Waals surface area contributed by atoms with Crippen LogP contribution in [-0.2, 0) is 4.74 Å². The van der Waals surface area contributed by atoms with Gasteiger partial charge in [-0.1, -0.05) is 6.08 Å². The first-order valence-electron chi connectivity index (χ1n) is 5.69. The second-order valence-electron chi connectivity index (χ2n) is 5.04. The third-order valence-corrected chi connectivity index (χ3v) is 2.31. The molecule has 0 fully saturated rings. The van der Waals surface area contributed by atoms with Gasteiger partial charge in [0.2, 0.25) is 0 Å². The van der Waals surface area contributed by atoms with Crippen molar-refractivity contribution < 1.29 is 9.84 Å². The Balaban J connectivity index is 2.36. The fraction of sp³-hybridized carbons (Fsp3) is 0.692.